The van der Waals surface area contributed by atoms with E-state index in [1.807, 2.05) is 13.0 Å². The predicted molar refractivity (Wildman–Crippen MR) is 74.1 cm³/mol. The highest BCUT2D eigenvalue weighted by Gasteiger charge is 2.48. The summed E-state index contributed by atoms with van der Waals surface area (Å²) >= 11 is 6.09. The topological polar surface area (TPSA) is 37.4 Å². The smallest absolute Gasteiger partial charge is 0.237 e. The van der Waals surface area contributed by atoms with Crippen molar-refractivity contribution in [2.45, 2.75) is 32.6 Å². The average molecular weight is 278 g/mol. The van der Waals surface area contributed by atoms with Crippen LogP contribution in [0, 0.1) is 18.8 Å². The van der Waals surface area contributed by atoms with E-state index in [2.05, 4.69) is 0 Å². The van der Waals surface area contributed by atoms with Gasteiger partial charge in [0.2, 0.25) is 11.8 Å². The Morgan fingerprint density at radius 2 is 1.68 bits per heavy atom. The van der Waals surface area contributed by atoms with Gasteiger partial charge in [-0.1, -0.05) is 30.5 Å². The van der Waals surface area contributed by atoms with Crippen LogP contribution in [0.2, 0.25) is 5.02 Å². The maximum Gasteiger partial charge on any atom is 0.237 e. The van der Waals surface area contributed by atoms with Crippen LogP contribution in [0.3, 0.4) is 0 Å². The molecule has 0 aromatic heterocycles. The molecule has 100 valence electrons. The molecule has 1 aromatic rings. The molecule has 2 atom stereocenters. The first-order chi connectivity index (χ1) is 9.09. The van der Waals surface area contributed by atoms with Crippen molar-refractivity contribution in [3.63, 3.8) is 0 Å². The van der Waals surface area contributed by atoms with Gasteiger partial charge in [0.1, 0.15) is 0 Å². The number of aryl methyl sites for hydroxylation is 1. The molecule has 0 unspecified atom stereocenters. The SMILES string of the molecule is Cc1ccc(N2C(=O)[C@@H]3CCCC[C@H]3C2=O)cc1Cl. The van der Waals surface area contributed by atoms with Crippen molar-refractivity contribution in [3.8, 4) is 0 Å². The summed E-state index contributed by atoms with van der Waals surface area (Å²) in [6, 6.07) is 5.36. The quantitative estimate of drug-likeness (QED) is 0.739. The Morgan fingerprint density at radius 3 is 2.21 bits per heavy atom. The van der Waals surface area contributed by atoms with Crippen LogP contribution in [0.15, 0.2) is 18.2 Å². The van der Waals surface area contributed by atoms with Gasteiger partial charge in [-0.25, -0.2) is 0 Å². The van der Waals surface area contributed by atoms with E-state index in [-0.39, 0.29) is 23.7 Å². The first kappa shape index (κ1) is 12.7. The van der Waals surface area contributed by atoms with Crippen LogP contribution < -0.4 is 4.90 Å². The summed E-state index contributed by atoms with van der Waals surface area (Å²) in [5.41, 5.74) is 1.56. The summed E-state index contributed by atoms with van der Waals surface area (Å²) in [5.74, 6) is -0.313. The number of carbonyl (C=O) groups is 2. The van der Waals surface area contributed by atoms with Crippen molar-refractivity contribution >= 4 is 29.1 Å². The number of carbonyl (C=O) groups excluding carboxylic acids is 2. The molecule has 4 heteroatoms. The largest absolute Gasteiger partial charge is 0.274 e. The number of halogens is 1. The normalized spacial score (nSPS) is 26.7. The molecule has 0 spiro atoms. The fourth-order valence-corrected chi connectivity index (χ4v) is 3.31. The molecule has 19 heavy (non-hydrogen) atoms. The molecule has 3 rings (SSSR count). The average Bonchev–Trinajstić information content (AvgIpc) is 2.66. The number of rotatable bonds is 1. The van der Waals surface area contributed by atoms with E-state index in [1.165, 1.54) is 4.90 Å². The van der Waals surface area contributed by atoms with Gasteiger partial charge in [-0.2, -0.15) is 0 Å². The van der Waals surface area contributed by atoms with E-state index in [1.54, 1.807) is 12.1 Å². The molecular formula is C15H16ClNO2. The number of imide groups is 1. The summed E-state index contributed by atoms with van der Waals surface area (Å²) in [5, 5.41) is 0.591. The Morgan fingerprint density at radius 1 is 1.11 bits per heavy atom. The molecule has 1 aliphatic heterocycles. The van der Waals surface area contributed by atoms with Crippen molar-refractivity contribution < 1.29 is 9.59 Å². The fourth-order valence-electron chi connectivity index (χ4n) is 3.14. The minimum Gasteiger partial charge on any atom is -0.274 e. The van der Waals surface area contributed by atoms with Gasteiger partial charge in [-0.05, 0) is 37.5 Å². The second-order valence-corrected chi connectivity index (χ2v) is 5.85. The van der Waals surface area contributed by atoms with Gasteiger partial charge in [0.25, 0.3) is 0 Å². The molecule has 1 saturated heterocycles. The predicted octanol–water partition coefficient (Wildman–Crippen LogP) is 3.33. The van der Waals surface area contributed by atoms with E-state index < -0.39 is 0 Å². The second-order valence-electron chi connectivity index (χ2n) is 5.44. The van der Waals surface area contributed by atoms with Crippen LogP contribution in [0.25, 0.3) is 0 Å². The summed E-state index contributed by atoms with van der Waals surface area (Å²) in [6.45, 7) is 1.90. The standard InChI is InChI=1S/C15H16ClNO2/c1-9-6-7-10(8-13(9)16)17-14(18)11-4-2-3-5-12(11)15(17)19/h6-8,11-12H,2-5H2,1H3/t11-,12-/m1/s1. The molecule has 2 amide bonds. The zero-order valence-corrected chi connectivity index (χ0v) is 11.6. The molecule has 1 heterocycles. The van der Waals surface area contributed by atoms with Crippen molar-refractivity contribution in [1.29, 1.82) is 0 Å². The van der Waals surface area contributed by atoms with Gasteiger partial charge in [0.15, 0.2) is 0 Å². The Balaban J connectivity index is 1.98. The molecule has 0 N–H and O–H groups in total. The van der Waals surface area contributed by atoms with Crippen molar-refractivity contribution in [1.82, 2.24) is 0 Å². The van der Waals surface area contributed by atoms with Crippen molar-refractivity contribution in [2.75, 3.05) is 4.90 Å². The third kappa shape index (κ3) is 1.96. The van der Waals surface area contributed by atoms with Gasteiger partial charge in [-0.15, -0.1) is 0 Å². The Labute approximate surface area is 117 Å². The number of nitrogens with zero attached hydrogens (tertiary/aromatic N) is 1. The molecule has 1 aromatic carbocycles. The molecular weight excluding hydrogens is 262 g/mol. The van der Waals surface area contributed by atoms with Gasteiger partial charge in [0.05, 0.1) is 17.5 Å². The first-order valence-corrected chi connectivity index (χ1v) is 7.11. The Bertz CT molecular complexity index is 531. The molecule has 0 bridgehead atoms. The van der Waals surface area contributed by atoms with Crippen LogP contribution in [-0.4, -0.2) is 11.8 Å². The molecule has 0 radical (unpaired) electrons. The first-order valence-electron chi connectivity index (χ1n) is 6.73. The molecule has 1 aliphatic carbocycles. The lowest BCUT2D eigenvalue weighted by atomic mass is 9.81. The maximum atomic E-state index is 12.4. The van der Waals surface area contributed by atoms with Crippen molar-refractivity contribution in [3.05, 3.63) is 28.8 Å². The molecule has 2 fully saturated rings. The van der Waals surface area contributed by atoms with E-state index in [0.717, 1.165) is 31.2 Å². The lowest BCUT2D eigenvalue weighted by molar-refractivity contribution is -0.122. The van der Waals surface area contributed by atoms with E-state index >= 15 is 0 Å². The molecule has 2 aliphatic rings. The van der Waals surface area contributed by atoms with Gasteiger partial charge < -0.3 is 0 Å². The number of hydrogen-bond acceptors (Lipinski definition) is 2. The van der Waals surface area contributed by atoms with Crippen LogP contribution in [0.1, 0.15) is 31.2 Å². The third-order valence-electron chi connectivity index (χ3n) is 4.25. The summed E-state index contributed by atoms with van der Waals surface area (Å²) in [4.78, 5) is 26.2. The summed E-state index contributed by atoms with van der Waals surface area (Å²) in [6.07, 6.45) is 3.77. The zero-order chi connectivity index (χ0) is 13.6. The van der Waals surface area contributed by atoms with Crippen LogP contribution >= 0.6 is 11.6 Å². The number of fused-ring (bicyclic) bond motifs is 1. The number of benzene rings is 1. The minimum atomic E-state index is -0.110. The summed E-state index contributed by atoms with van der Waals surface area (Å²) in [7, 11) is 0. The minimum absolute atomic E-state index is 0.0466. The Kier molecular flexibility index (Phi) is 3.09. The maximum absolute atomic E-state index is 12.4. The highest BCUT2D eigenvalue weighted by atomic mass is 35.5. The molecule has 3 nitrogen and oxygen atoms in total. The Hall–Kier alpha value is -1.35. The number of hydrogen-bond donors (Lipinski definition) is 0. The number of anilines is 1. The van der Waals surface area contributed by atoms with Crippen LogP contribution in [0.5, 0.6) is 0 Å². The fraction of sp³-hybridized carbons (Fsp3) is 0.467. The summed E-state index contributed by atoms with van der Waals surface area (Å²) < 4.78 is 0. The van der Waals surface area contributed by atoms with E-state index in [9.17, 15) is 9.59 Å². The van der Waals surface area contributed by atoms with Crippen LogP contribution in [0.4, 0.5) is 5.69 Å². The third-order valence-corrected chi connectivity index (χ3v) is 4.66. The van der Waals surface area contributed by atoms with Crippen LogP contribution in [-0.2, 0) is 9.59 Å². The lowest BCUT2D eigenvalue weighted by Crippen LogP contribution is -2.30. The zero-order valence-electron chi connectivity index (χ0n) is 10.9. The molecule has 1 saturated carbocycles. The van der Waals surface area contributed by atoms with Gasteiger partial charge >= 0.3 is 0 Å². The van der Waals surface area contributed by atoms with Gasteiger partial charge in [0, 0.05) is 5.02 Å². The lowest BCUT2D eigenvalue weighted by Gasteiger charge is -2.19. The van der Waals surface area contributed by atoms with Crippen molar-refractivity contribution in [2.24, 2.45) is 11.8 Å². The number of amides is 2. The highest BCUT2D eigenvalue weighted by Crippen LogP contribution is 2.40. The highest BCUT2D eigenvalue weighted by molar-refractivity contribution is 6.32. The van der Waals surface area contributed by atoms with Gasteiger partial charge in [-0.3, -0.25) is 14.5 Å². The van der Waals surface area contributed by atoms with E-state index in [4.69, 9.17) is 11.6 Å². The monoisotopic (exact) mass is 277 g/mol. The van der Waals surface area contributed by atoms with E-state index in [0.29, 0.717) is 10.7 Å². The second kappa shape index (κ2) is 4.64.